The molecule has 25 heavy (non-hydrogen) atoms. The second-order valence-corrected chi connectivity index (χ2v) is 7.96. The molecule has 8 heteroatoms. The maximum absolute atomic E-state index is 13.0. The summed E-state index contributed by atoms with van der Waals surface area (Å²) < 4.78 is 40.4. The first-order valence-electron chi connectivity index (χ1n) is 7.63. The Kier molecular flexibility index (Phi) is 4.81. The molecule has 2 aromatic carbocycles. The number of rotatable bonds is 4. The van der Waals surface area contributed by atoms with Crippen LogP contribution in [0.3, 0.4) is 0 Å². The molecule has 1 fully saturated rings. The molecule has 0 unspecified atom stereocenters. The number of amides is 1. The summed E-state index contributed by atoms with van der Waals surface area (Å²) in [6, 6.07) is 9.04. The molecule has 3 rings (SSSR count). The summed E-state index contributed by atoms with van der Waals surface area (Å²) in [6.45, 7) is 2.12. The number of hydrogen-bond acceptors (Lipinski definition) is 3. The van der Waals surface area contributed by atoms with Gasteiger partial charge < -0.3 is 4.90 Å². The highest BCUT2D eigenvalue weighted by molar-refractivity contribution is 7.89. The number of anilines is 1. The van der Waals surface area contributed by atoms with Crippen LogP contribution in [0.25, 0.3) is 0 Å². The first kappa shape index (κ1) is 17.8. The molecule has 1 saturated heterocycles. The molecule has 1 amide bonds. The van der Waals surface area contributed by atoms with E-state index in [-0.39, 0.29) is 10.8 Å². The Morgan fingerprint density at radius 2 is 1.88 bits per heavy atom. The molecule has 0 bridgehead atoms. The molecule has 0 radical (unpaired) electrons. The molecule has 1 atom stereocenters. The summed E-state index contributed by atoms with van der Waals surface area (Å²) >= 11 is 5.98. The van der Waals surface area contributed by atoms with Gasteiger partial charge in [-0.15, -0.1) is 0 Å². The molecule has 132 valence electrons. The number of hydrogen-bond donors (Lipinski definition) is 1. The third kappa shape index (κ3) is 3.68. The minimum Gasteiger partial charge on any atom is -0.311 e. The average molecular weight is 383 g/mol. The van der Waals surface area contributed by atoms with Gasteiger partial charge in [0.2, 0.25) is 15.9 Å². The number of nitrogens with one attached hydrogen (secondary N) is 1. The van der Waals surface area contributed by atoms with Crippen LogP contribution >= 0.6 is 11.6 Å². The molecule has 5 nitrogen and oxygen atoms in total. The molecule has 0 aromatic heterocycles. The van der Waals surface area contributed by atoms with Crippen molar-refractivity contribution in [2.45, 2.75) is 24.3 Å². The fourth-order valence-electron chi connectivity index (χ4n) is 2.66. The summed E-state index contributed by atoms with van der Waals surface area (Å²) in [4.78, 5) is 13.9. The number of carbonyl (C=O) groups excluding carboxylic acids is 1. The van der Waals surface area contributed by atoms with E-state index < -0.39 is 21.9 Å². The van der Waals surface area contributed by atoms with Crippen LogP contribution in [0.2, 0.25) is 5.02 Å². The maximum Gasteiger partial charge on any atom is 0.245 e. The number of halogens is 2. The molecule has 2 aromatic rings. The largest absolute Gasteiger partial charge is 0.311 e. The zero-order valence-corrected chi connectivity index (χ0v) is 14.9. The molecule has 0 aliphatic carbocycles. The van der Waals surface area contributed by atoms with Crippen molar-refractivity contribution in [1.82, 2.24) is 4.72 Å². The van der Waals surface area contributed by atoms with Gasteiger partial charge in [0.05, 0.1) is 4.90 Å². The molecule has 1 N–H and O–H groups in total. The monoisotopic (exact) mass is 382 g/mol. The topological polar surface area (TPSA) is 66.5 Å². The predicted octanol–water partition coefficient (Wildman–Crippen LogP) is 2.87. The van der Waals surface area contributed by atoms with E-state index in [4.69, 9.17) is 11.6 Å². The lowest BCUT2D eigenvalue weighted by Gasteiger charge is -2.17. The van der Waals surface area contributed by atoms with E-state index in [2.05, 4.69) is 4.72 Å². The van der Waals surface area contributed by atoms with Gasteiger partial charge in [-0.2, -0.15) is 4.72 Å². The Bertz CT molecular complexity index is 916. The first-order chi connectivity index (χ1) is 11.8. The Labute approximate surface area is 150 Å². The summed E-state index contributed by atoms with van der Waals surface area (Å²) in [5.74, 6) is -0.766. The van der Waals surface area contributed by atoms with Crippen molar-refractivity contribution in [2.24, 2.45) is 0 Å². The lowest BCUT2D eigenvalue weighted by molar-refractivity contribution is -0.118. The highest BCUT2D eigenvalue weighted by atomic mass is 35.5. The summed E-state index contributed by atoms with van der Waals surface area (Å²) in [7, 11) is -3.87. The van der Waals surface area contributed by atoms with Gasteiger partial charge >= 0.3 is 0 Å². The van der Waals surface area contributed by atoms with E-state index in [1.807, 2.05) is 0 Å². The summed E-state index contributed by atoms with van der Waals surface area (Å²) in [6.07, 6.45) is 0.328. The normalized spacial score (nSPS) is 18.0. The highest BCUT2D eigenvalue weighted by Crippen LogP contribution is 2.24. The number of benzene rings is 2. The SMILES string of the molecule is Cc1ccc(S(=O)(=O)N[C@@H]2CCN(c3ccc(F)cc3)C2=O)cc1Cl. The number of carbonyl (C=O) groups is 1. The summed E-state index contributed by atoms with van der Waals surface area (Å²) in [5.41, 5.74) is 1.30. The molecule has 0 saturated carbocycles. The van der Waals surface area contributed by atoms with E-state index in [1.165, 1.54) is 41.3 Å². The lowest BCUT2D eigenvalue weighted by Crippen LogP contribution is -2.41. The summed E-state index contributed by atoms with van der Waals surface area (Å²) in [5, 5.41) is 0.341. The van der Waals surface area contributed by atoms with Gasteiger partial charge in [0.1, 0.15) is 11.9 Å². The zero-order valence-electron chi connectivity index (χ0n) is 13.4. The molecule has 1 aliphatic rings. The van der Waals surface area contributed by atoms with Crippen LogP contribution in [0.4, 0.5) is 10.1 Å². The van der Waals surface area contributed by atoms with Crippen LogP contribution in [-0.2, 0) is 14.8 Å². The number of aryl methyl sites for hydroxylation is 1. The van der Waals surface area contributed by atoms with Crippen LogP contribution in [-0.4, -0.2) is 26.9 Å². The second-order valence-electron chi connectivity index (χ2n) is 5.84. The van der Waals surface area contributed by atoms with Gasteiger partial charge in [0.25, 0.3) is 0 Å². The van der Waals surface area contributed by atoms with Gasteiger partial charge in [0, 0.05) is 17.3 Å². The van der Waals surface area contributed by atoms with E-state index in [0.717, 1.165) is 5.56 Å². The standard InChI is InChI=1S/C17H16ClFN2O3S/c1-11-2-7-14(10-15(11)18)25(23,24)20-16-8-9-21(17(16)22)13-5-3-12(19)4-6-13/h2-7,10,16,20H,8-9H2,1H3/t16-/m1/s1. The van der Waals surface area contributed by atoms with E-state index in [0.29, 0.717) is 23.7 Å². The zero-order chi connectivity index (χ0) is 18.2. The third-order valence-electron chi connectivity index (χ3n) is 4.09. The minimum absolute atomic E-state index is 0.0103. The van der Waals surface area contributed by atoms with E-state index in [9.17, 15) is 17.6 Å². The second kappa shape index (κ2) is 6.74. The van der Waals surface area contributed by atoms with Crippen LogP contribution in [0.15, 0.2) is 47.4 Å². The Morgan fingerprint density at radius 3 is 2.52 bits per heavy atom. The molecule has 1 aliphatic heterocycles. The van der Waals surface area contributed by atoms with E-state index in [1.54, 1.807) is 13.0 Å². The van der Waals surface area contributed by atoms with Gasteiger partial charge in [-0.1, -0.05) is 17.7 Å². The lowest BCUT2D eigenvalue weighted by atomic mass is 10.2. The van der Waals surface area contributed by atoms with Crippen molar-refractivity contribution >= 4 is 33.2 Å². The van der Waals surface area contributed by atoms with Crippen molar-refractivity contribution in [1.29, 1.82) is 0 Å². The highest BCUT2D eigenvalue weighted by Gasteiger charge is 2.35. The first-order valence-corrected chi connectivity index (χ1v) is 9.49. The Hall–Kier alpha value is -1.96. The minimum atomic E-state index is -3.87. The Morgan fingerprint density at radius 1 is 1.20 bits per heavy atom. The van der Waals surface area contributed by atoms with Crippen molar-refractivity contribution in [2.75, 3.05) is 11.4 Å². The van der Waals surface area contributed by atoms with Crippen LogP contribution in [0.5, 0.6) is 0 Å². The van der Waals surface area contributed by atoms with Gasteiger partial charge in [-0.3, -0.25) is 4.79 Å². The Balaban J connectivity index is 1.78. The molecular weight excluding hydrogens is 367 g/mol. The fraction of sp³-hybridized carbons (Fsp3) is 0.235. The fourth-order valence-corrected chi connectivity index (χ4v) is 4.16. The average Bonchev–Trinajstić information content (AvgIpc) is 2.91. The molecule has 0 spiro atoms. The van der Waals surface area contributed by atoms with Crippen LogP contribution in [0.1, 0.15) is 12.0 Å². The maximum atomic E-state index is 13.0. The van der Waals surface area contributed by atoms with Gasteiger partial charge in [0.15, 0.2) is 0 Å². The van der Waals surface area contributed by atoms with Gasteiger partial charge in [-0.05, 0) is 55.3 Å². The number of nitrogens with zero attached hydrogens (tertiary/aromatic N) is 1. The van der Waals surface area contributed by atoms with Crippen molar-refractivity contribution < 1.29 is 17.6 Å². The van der Waals surface area contributed by atoms with E-state index >= 15 is 0 Å². The predicted molar refractivity (Wildman–Crippen MR) is 93.7 cm³/mol. The number of sulfonamides is 1. The van der Waals surface area contributed by atoms with Crippen LogP contribution < -0.4 is 9.62 Å². The van der Waals surface area contributed by atoms with Crippen molar-refractivity contribution in [3.8, 4) is 0 Å². The van der Waals surface area contributed by atoms with Crippen molar-refractivity contribution in [3.05, 3.63) is 58.9 Å². The third-order valence-corrected chi connectivity index (χ3v) is 5.97. The quantitative estimate of drug-likeness (QED) is 0.884. The van der Waals surface area contributed by atoms with Crippen molar-refractivity contribution in [3.63, 3.8) is 0 Å². The smallest absolute Gasteiger partial charge is 0.245 e. The molecular formula is C17H16ClFN2O3S. The van der Waals surface area contributed by atoms with Crippen LogP contribution in [0, 0.1) is 12.7 Å². The molecule has 1 heterocycles. The van der Waals surface area contributed by atoms with Gasteiger partial charge in [-0.25, -0.2) is 12.8 Å².